The van der Waals surface area contributed by atoms with Gasteiger partial charge in [-0.1, -0.05) is 51.9 Å². The number of ether oxygens (including phenoxy) is 5. The normalized spacial score (nSPS) is 11.6. The molecule has 0 saturated carbocycles. The van der Waals surface area contributed by atoms with Gasteiger partial charge in [0.2, 0.25) is 0 Å². The fourth-order valence-corrected chi connectivity index (χ4v) is 2.64. The Labute approximate surface area is 184 Å². The number of hydrogen-bond donors (Lipinski definition) is 1. The minimum absolute atomic E-state index is 0.414. The van der Waals surface area contributed by atoms with E-state index in [0.717, 1.165) is 13.0 Å². The summed E-state index contributed by atoms with van der Waals surface area (Å²) in [5.41, 5.74) is -0.486. The molecule has 0 rings (SSSR count). The van der Waals surface area contributed by atoms with Gasteiger partial charge in [-0.3, -0.25) is 0 Å². The summed E-state index contributed by atoms with van der Waals surface area (Å²) in [5.74, 6) is 0. The number of nitrogens with one attached hydrogen (secondary N) is 1. The Hall–Kier alpha value is -0.890. The maximum atomic E-state index is 11.4. The molecule has 1 amide bonds. The van der Waals surface area contributed by atoms with Crippen LogP contribution in [0.2, 0.25) is 0 Å². The highest BCUT2D eigenvalue weighted by molar-refractivity contribution is 5.67. The third-order valence-electron chi connectivity index (χ3n) is 4.17. The van der Waals surface area contributed by atoms with Gasteiger partial charge in [0.15, 0.2) is 0 Å². The van der Waals surface area contributed by atoms with Gasteiger partial charge < -0.3 is 29.0 Å². The van der Waals surface area contributed by atoms with Crippen molar-refractivity contribution >= 4 is 6.09 Å². The molecule has 7 nitrogen and oxygen atoms in total. The van der Waals surface area contributed by atoms with Crippen LogP contribution in [0.1, 0.15) is 79.1 Å². The molecule has 30 heavy (non-hydrogen) atoms. The van der Waals surface area contributed by atoms with Gasteiger partial charge in [-0.15, -0.1) is 0 Å². The van der Waals surface area contributed by atoms with Crippen molar-refractivity contribution in [2.75, 3.05) is 59.4 Å². The van der Waals surface area contributed by atoms with Crippen molar-refractivity contribution in [2.24, 2.45) is 0 Å². The molecule has 0 aliphatic rings. The van der Waals surface area contributed by atoms with E-state index in [1.165, 1.54) is 44.9 Å². The van der Waals surface area contributed by atoms with E-state index in [4.69, 9.17) is 23.7 Å². The number of alkyl carbamates (subject to hydrolysis) is 1. The molecule has 180 valence electrons. The maximum Gasteiger partial charge on any atom is 0.407 e. The van der Waals surface area contributed by atoms with Crippen molar-refractivity contribution in [3.8, 4) is 0 Å². The van der Waals surface area contributed by atoms with Gasteiger partial charge in [-0.2, -0.15) is 0 Å². The Bertz CT molecular complexity index is 373. The number of carbonyl (C=O) groups is 1. The lowest BCUT2D eigenvalue weighted by atomic mass is 10.1. The Balaban J connectivity index is 3.11. The van der Waals surface area contributed by atoms with Crippen LogP contribution in [-0.4, -0.2) is 71.1 Å². The third-order valence-corrected chi connectivity index (χ3v) is 4.17. The van der Waals surface area contributed by atoms with Gasteiger partial charge in [-0.05, 0) is 27.2 Å². The van der Waals surface area contributed by atoms with Crippen molar-refractivity contribution in [2.45, 2.75) is 84.7 Å². The lowest BCUT2D eigenvalue weighted by molar-refractivity contribution is -0.00214. The molecule has 0 unspecified atom stereocenters. The first-order valence-corrected chi connectivity index (χ1v) is 11.7. The zero-order chi connectivity index (χ0) is 22.3. The monoisotopic (exact) mass is 433 g/mol. The van der Waals surface area contributed by atoms with E-state index in [1.54, 1.807) is 0 Å². The van der Waals surface area contributed by atoms with Crippen LogP contribution < -0.4 is 5.32 Å². The topological polar surface area (TPSA) is 75.3 Å². The third kappa shape index (κ3) is 25.1. The number of hydrogen-bond acceptors (Lipinski definition) is 6. The minimum atomic E-state index is -0.486. The quantitative estimate of drug-likeness (QED) is 0.264. The average molecular weight is 434 g/mol. The zero-order valence-corrected chi connectivity index (χ0v) is 20.0. The molecule has 0 radical (unpaired) electrons. The van der Waals surface area contributed by atoms with E-state index < -0.39 is 11.7 Å². The highest BCUT2D eigenvalue weighted by Gasteiger charge is 2.15. The van der Waals surface area contributed by atoms with E-state index in [2.05, 4.69) is 12.2 Å². The summed E-state index contributed by atoms with van der Waals surface area (Å²) in [6.45, 7) is 12.7. The first kappa shape index (κ1) is 29.1. The summed E-state index contributed by atoms with van der Waals surface area (Å²) in [7, 11) is 0. The van der Waals surface area contributed by atoms with Crippen molar-refractivity contribution in [3.05, 3.63) is 0 Å². The Morgan fingerprint density at radius 1 is 0.633 bits per heavy atom. The largest absolute Gasteiger partial charge is 0.444 e. The number of unbranched alkanes of at least 4 members (excludes halogenated alkanes) is 7. The molecule has 0 aromatic carbocycles. The molecule has 0 aromatic rings. The first-order chi connectivity index (χ1) is 14.5. The van der Waals surface area contributed by atoms with Crippen LogP contribution in [0.15, 0.2) is 0 Å². The molecule has 0 bridgehead atoms. The molecule has 0 aromatic heterocycles. The predicted molar refractivity (Wildman–Crippen MR) is 120 cm³/mol. The van der Waals surface area contributed by atoms with Crippen molar-refractivity contribution in [1.82, 2.24) is 5.32 Å². The predicted octanol–water partition coefficient (Wildman–Crippen LogP) is 4.72. The van der Waals surface area contributed by atoms with E-state index in [-0.39, 0.29) is 0 Å². The summed E-state index contributed by atoms with van der Waals surface area (Å²) in [5, 5.41) is 2.64. The number of rotatable bonds is 21. The molecular formula is C23H47NO6. The van der Waals surface area contributed by atoms with Crippen LogP contribution in [0.3, 0.4) is 0 Å². The van der Waals surface area contributed by atoms with Crippen molar-refractivity contribution in [1.29, 1.82) is 0 Å². The highest BCUT2D eigenvalue weighted by Crippen LogP contribution is 2.08. The second-order valence-corrected chi connectivity index (χ2v) is 8.35. The lowest BCUT2D eigenvalue weighted by Crippen LogP contribution is -2.34. The molecule has 0 heterocycles. The summed E-state index contributed by atoms with van der Waals surface area (Å²) >= 11 is 0. The maximum absolute atomic E-state index is 11.4. The van der Waals surface area contributed by atoms with E-state index in [0.29, 0.717) is 52.8 Å². The van der Waals surface area contributed by atoms with Gasteiger partial charge >= 0.3 is 6.09 Å². The van der Waals surface area contributed by atoms with Gasteiger partial charge in [0.25, 0.3) is 0 Å². The molecule has 1 N–H and O–H groups in total. The Kier molecular flexibility index (Phi) is 20.7. The van der Waals surface area contributed by atoms with E-state index >= 15 is 0 Å². The highest BCUT2D eigenvalue weighted by atomic mass is 16.6. The standard InChI is InChI=1S/C23H47NO6/c1-5-6-7-8-9-10-11-12-14-26-16-18-28-20-21-29-19-17-27-15-13-24-22(25)30-23(2,3)4/h5-21H2,1-4H3,(H,24,25). The summed E-state index contributed by atoms with van der Waals surface area (Å²) in [4.78, 5) is 11.4. The van der Waals surface area contributed by atoms with Gasteiger partial charge in [0.1, 0.15) is 5.60 Å². The van der Waals surface area contributed by atoms with Crippen molar-refractivity contribution < 1.29 is 28.5 Å². The molecule has 0 saturated heterocycles. The van der Waals surface area contributed by atoms with Gasteiger partial charge in [-0.25, -0.2) is 4.79 Å². The lowest BCUT2D eigenvalue weighted by Gasteiger charge is -2.19. The molecular weight excluding hydrogens is 386 g/mol. The molecule has 0 atom stereocenters. The first-order valence-electron chi connectivity index (χ1n) is 11.7. The van der Waals surface area contributed by atoms with Gasteiger partial charge in [0, 0.05) is 13.2 Å². The van der Waals surface area contributed by atoms with Crippen LogP contribution in [0.25, 0.3) is 0 Å². The zero-order valence-electron chi connectivity index (χ0n) is 20.0. The Morgan fingerprint density at radius 3 is 1.57 bits per heavy atom. The van der Waals surface area contributed by atoms with E-state index in [1.807, 2.05) is 20.8 Å². The number of amides is 1. The molecule has 0 fully saturated rings. The molecule has 0 aliphatic carbocycles. The Morgan fingerprint density at radius 2 is 1.07 bits per heavy atom. The minimum Gasteiger partial charge on any atom is -0.444 e. The molecule has 0 aliphatic heterocycles. The van der Waals surface area contributed by atoms with Gasteiger partial charge in [0.05, 0.1) is 46.2 Å². The fraction of sp³-hybridized carbons (Fsp3) is 0.957. The van der Waals surface area contributed by atoms with E-state index in [9.17, 15) is 4.79 Å². The summed E-state index contributed by atoms with van der Waals surface area (Å²) in [6, 6.07) is 0. The van der Waals surface area contributed by atoms with Crippen LogP contribution in [0.5, 0.6) is 0 Å². The molecule has 7 heteroatoms. The van der Waals surface area contributed by atoms with Crippen LogP contribution in [0, 0.1) is 0 Å². The summed E-state index contributed by atoms with van der Waals surface area (Å²) < 4.78 is 27.0. The smallest absolute Gasteiger partial charge is 0.407 e. The summed E-state index contributed by atoms with van der Waals surface area (Å²) in [6.07, 6.45) is 10.1. The van der Waals surface area contributed by atoms with Crippen LogP contribution >= 0.6 is 0 Å². The average Bonchev–Trinajstić information content (AvgIpc) is 2.68. The number of carbonyl (C=O) groups excluding carboxylic acids is 1. The van der Waals surface area contributed by atoms with Crippen LogP contribution in [-0.2, 0) is 23.7 Å². The van der Waals surface area contributed by atoms with Crippen molar-refractivity contribution in [3.63, 3.8) is 0 Å². The fourth-order valence-electron chi connectivity index (χ4n) is 2.64. The second-order valence-electron chi connectivity index (χ2n) is 8.35. The van der Waals surface area contributed by atoms with Crippen LogP contribution in [0.4, 0.5) is 4.79 Å². The second kappa shape index (κ2) is 21.3. The molecule has 0 spiro atoms. The SMILES string of the molecule is CCCCCCCCCCOCCOCCOCCOCCNC(=O)OC(C)(C)C.